The third-order valence-electron chi connectivity index (χ3n) is 2.70. The van der Waals surface area contributed by atoms with Crippen LogP contribution in [0.2, 0.25) is 0 Å². The molecule has 0 radical (unpaired) electrons. The highest BCUT2D eigenvalue weighted by molar-refractivity contribution is 5.88. The largest absolute Gasteiger partial charge is 0.478 e. The second-order valence-electron chi connectivity index (χ2n) is 3.93. The summed E-state index contributed by atoms with van der Waals surface area (Å²) in [4.78, 5) is 10.7. The predicted octanol–water partition coefficient (Wildman–Crippen LogP) is 3.64. The van der Waals surface area contributed by atoms with Gasteiger partial charge in [-0.25, -0.2) is 13.6 Å². The van der Waals surface area contributed by atoms with Crippen LogP contribution in [0.25, 0.3) is 11.1 Å². The molecule has 0 aliphatic rings. The normalized spacial score (nSPS) is 10.4. The molecule has 1 N–H and O–H groups in total. The summed E-state index contributed by atoms with van der Waals surface area (Å²) in [6.45, 7) is 1.74. The minimum atomic E-state index is -1.36. The van der Waals surface area contributed by atoms with E-state index in [1.807, 2.05) is 0 Å². The monoisotopic (exact) mass is 248 g/mol. The molecule has 0 fully saturated rings. The van der Waals surface area contributed by atoms with Crippen molar-refractivity contribution in [2.75, 3.05) is 0 Å². The lowest BCUT2D eigenvalue weighted by atomic mass is 9.98. The molecular weight excluding hydrogens is 238 g/mol. The van der Waals surface area contributed by atoms with Crippen molar-refractivity contribution in [1.29, 1.82) is 0 Å². The van der Waals surface area contributed by atoms with Gasteiger partial charge in [-0.3, -0.25) is 0 Å². The van der Waals surface area contributed by atoms with E-state index in [-0.39, 0.29) is 5.56 Å². The SMILES string of the molecule is Cc1ccccc1-c1c(F)cc(C(=O)O)cc1F. The van der Waals surface area contributed by atoms with Crippen LogP contribution in [0.15, 0.2) is 36.4 Å². The van der Waals surface area contributed by atoms with E-state index in [4.69, 9.17) is 5.11 Å². The van der Waals surface area contributed by atoms with Gasteiger partial charge in [-0.2, -0.15) is 0 Å². The quantitative estimate of drug-likeness (QED) is 0.880. The summed E-state index contributed by atoms with van der Waals surface area (Å²) >= 11 is 0. The average Bonchev–Trinajstić information content (AvgIpc) is 2.30. The zero-order valence-corrected chi connectivity index (χ0v) is 9.58. The molecule has 0 aliphatic heterocycles. The molecule has 0 saturated heterocycles. The van der Waals surface area contributed by atoms with Gasteiger partial charge in [0, 0.05) is 0 Å². The molecule has 2 aromatic carbocycles. The van der Waals surface area contributed by atoms with E-state index < -0.39 is 23.2 Å². The van der Waals surface area contributed by atoms with Crippen molar-refractivity contribution >= 4 is 5.97 Å². The minimum Gasteiger partial charge on any atom is -0.478 e. The second kappa shape index (κ2) is 4.56. The van der Waals surface area contributed by atoms with Gasteiger partial charge in [0.2, 0.25) is 0 Å². The van der Waals surface area contributed by atoms with E-state index in [0.29, 0.717) is 5.56 Å². The molecule has 0 aromatic heterocycles. The lowest BCUT2D eigenvalue weighted by Gasteiger charge is -2.09. The zero-order chi connectivity index (χ0) is 13.3. The van der Waals surface area contributed by atoms with Gasteiger partial charge in [0.1, 0.15) is 11.6 Å². The fraction of sp³-hybridized carbons (Fsp3) is 0.0714. The Morgan fingerprint density at radius 1 is 1.11 bits per heavy atom. The molecule has 18 heavy (non-hydrogen) atoms. The number of aromatic carboxylic acids is 1. The van der Waals surface area contributed by atoms with Crippen LogP contribution in [-0.4, -0.2) is 11.1 Å². The molecule has 2 nitrogen and oxygen atoms in total. The lowest BCUT2D eigenvalue weighted by Crippen LogP contribution is -2.01. The van der Waals surface area contributed by atoms with Crippen LogP contribution in [0, 0.1) is 18.6 Å². The first-order valence-electron chi connectivity index (χ1n) is 5.29. The van der Waals surface area contributed by atoms with Crippen molar-refractivity contribution in [3.63, 3.8) is 0 Å². The lowest BCUT2D eigenvalue weighted by molar-refractivity contribution is 0.0696. The van der Waals surface area contributed by atoms with Gasteiger partial charge in [-0.05, 0) is 30.2 Å². The molecule has 0 spiro atoms. The topological polar surface area (TPSA) is 37.3 Å². The third kappa shape index (κ3) is 2.09. The van der Waals surface area contributed by atoms with Crippen molar-refractivity contribution < 1.29 is 18.7 Å². The molecule has 0 amide bonds. The molecule has 0 bridgehead atoms. The average molecular weight is 248 g/mol. The molecule has 0 atom stereocenters. The summed E-state index contributed by atoms with van der Waals surface area (Å²) < 4.78 is 27.7. The van der Waals surface area contributed by atoms with E-state index in [1.54, 1.807) is 31.2 Å². The predicted molar refractivity (Wildman–Crippen MR) is 63.5 cm³/mol. The summed E-state index contributed by atoms with van der Waals surface area (Å²) in [5, 5.41) is 8.72. The first kappa shape index (κ1) is 12.2. The van der Waals surface area contributed by atoms with Crippen LogP contribution < -0.4 is 0 Å². The smallest absolute Gasteiger partial charge is 0.335 e. The number of carboxylic acid groups (broad SMARTS) is 1. The highest BCUT2D eigenvalue weighted by Gasteiger charge is 2.17. The summed E-state index contributed by atoms with van der Waals surface area (Å²) in [5.41, 5.74) is 0.545. The molecule has 0 unspecified atom stereocenters. The van der Waals surface area contributed by atoms with E-state index in [1.165, 1.54) is 0 Å². The molecule has 2 rings (SSSR count). The highest BCUT2D eigenvalue weighted by Crippen LogP contribution is 2.29. The maximum Gasteiger partial charge on any atom is 0.335 e. The maximum atomic E-state index is 13.8. The Kier molecular flexibility index (Phi) is 3.10. The van der Waals surface area contributed by atoms with Crippen molar-refractivity contribution in [3.8, 4) is 11.1 Å². The van der Waals surface area contributed by atoms with Gasteiger partial charge < -0.3 is 5.11 Å². The number of hydrogen-bond acceptors (Lipinski definition) is 1. The van der Waals surface area contributed by atoms with Crippen LogP contribution in [0.4, 0.5) is 8.78 Å². The molecule has 0 saturated carbocycles. The van der Waals surface area contributed by atoms with E-state index in [0.717, 1.165) is 17.7 Å². The number of hydrogen-bond donors (Lipinski definition) is 1. The van der Waals surface area contributed by atoms with Gasteiger partial charge in [0.25, 0.3) is 0 Å². The first-order valence-corrected chi connectivity index (χ1v) is 5.29. The summed E-state index contributed by atoms with van der Waals surface area (Å²) in [6, 6.07) is 8.42. The Hall–Kier alpha value is -2.23. The summed E-state index contributed by atoms with van der Waals surface area (Å²) in [6.07, 6.45) is 0. The number of carboxylic acids is 1. The van der Waals surface area contributed by atoms with Gasteiger partial charge in [-0.15, -0.1) is 0 Å². The van der Waals surface area contributed by atoms with Crippen molar-refractivity contribution in [3.05, 3.63) is 59.2 Å². The first-order chi connectivity index (χ1) is 8.50. The third-order valence-corrected chi connectivity index (χ3v) is 2.70. The number of carbonyl (C=O) groups is 1. The number of aryl methyl sites for hydroxylation is 1. The van der Waals surface area contributed by atoms with Gasteiger partial charge in [-0.1, -0.05) is 24.3 Å². The molecule has 4 heteroatoms. The van der Waals surface area contributed by atoms with Crippen LogP contribution in [-0.2, 0) is 0 Å². The summed E-state index contributed by atoms with van der Waals surface area (Å²) in [7, 11) is 0. The number of rotatable bonds is 2. The fourth-order valence-corrected chi connectivity index (χ4v) is 1.81. The minimum absolute atomic E-state index is 0.196. The van der Waals surface area contributed by atoms with Crippen molar-refractivity contribution in [1.82, 2.24) is 0 Å². The van der Waals surface area contributed by atoms with Crippen LogP contribution in [0.5, 0.6) is 0 Å². The number of halogens is 2. The molecule has 0 aliphatic carbocycles. The van der Waals surface area contributed by atoms with Crippen LogP contribution in [0.1, 0.15) is 15.9 Å². The Morgan fingerprint density at radius 2 is 1.67 bits per heavy atom. The van der Waals surface area contributed by atoms with E-state index in [9.17, 15) is 13.6 Å². The van der Waals surface area contributed by atoms with Crippen molar-refractivity contribution in [2.24, 2.45) is 0 Å². The Morgan fingerprint density at radius 3 is 2.17 bits per heavy atom. The Bertz CT molecular complexity index is 598. The van der Waals surface area contributed by atoms with Gasteiger partial charge in [0.05, 0.1) is 11.1 Å². The summed E-state index contributed by atoms with van der Waals surface area (Å²) in [5.74, 6) is -3.10. The van der Waals surface area contributed by atoms with E-state index >= 15 is 0 Å². The molecule has 2 aromatic rings. The standard InChI is InChI=1S/C14H10F2O2/c1-8-4-2-3-5-10(8)13-11(15)6-9(14(17)18)7-12(13)16/h2-7H,1H3,(H,17,18). The van der Waals surface area contributed by atoms with Crippen LogP contribution >= 0.6 is 0 Å². The molecule has 0 heterocycles. The van der Waals surface area contributed by atoms with Crippen LogP contribution in [0.3, 0.4) is 0 Å². The molecule has 92 valence electrons. The van der Waals surface area contributed by atoms with Gasteiger partial charge in [0.15, 0.2) is 0 Å². The molecular formula is C14H10F2O2. The number of benzene rings is 2. The zero-order valence-electron chi connectivity index (χ0n) is 9.58. The Labute approximate surface area is 103 Å². The van der Waals surface area contributed by atoms with Crippen molar-refractivity contribution in [2.45, 2.75) is 6.92 Å². The Balaban J connectivity index is 2.67. The fourth-order valence-electron chi connectivity index (χ4n) is 1.81. The second-order valence-corrected chi connectivity index (χ2v) is 3.93. The van der Waals surface area contributed by atoms with E-state index in [2.05, 4.69) is 0 Å². The van der Waals surface area contributed by atoms with Gasteiger partial charge >= 0.3 is 5.97 Å². The maximum absolute atomic E-state index is 13.8. The highest BCUT2D eigenvalue weighted by atomic mass is 19.1.